The lowest BCUT2D eigenvalue weighted by atomic mass is 9.76. The lowest BCUT2D eigenvalue weighted by Gasteiger charge is -2.31. The molecule has 6 fully saturated rings. The zero-order chi connectivity index (χ0) is 36.2. The fourth-order valence-corrected chi connectivity index (χ4v) is 11.7. The SMILES string of the molecule is C=CC(=O)OCC1CC2C3C[C@@H](CC3COC(=O)c3cc(C(=O)OCC4CC5C6CC(COC(=O)C(=C)C)C(C6)C5C4)cc(C(C)(C)C)c3)[C@H]2C1. The summed E-state index contributed by atoms with van der Waals surface area (Å²) in [5.41, 5.74) is 1.85. The first kappa shape index (κ1) is 36.0. The molecule has 6 aliphatic carbocycles. The van der Waals surface area contributed by atoms with Crippen LogP contribution in [0.25, 0.3) is 0 Å². The lowest BCUT2D eigenvalue weighted by molar-refractivity contribution is -0.141. The van der Waals surface area contributed by atoms with Crippen molar-refractivity contribution in [3.8, 4) is 0 Å². The topological polar surface area (TPSA) is 105 Å². The third-order valence-electron chi connectivity index (χ3n) is 14.0. The number of benzene rings is 1. The average Bonchev–Trinajstić information content (AvgIpc) is 3.94. The van der Waals surface area contributed by atoms with E-state index < -0.39 is 11.9 Å². The van der Waals surface area contributed by atoms with Crippen LogP contribution in [0.1, 0.15) is 105 Å². The fraction of sp³-hybridized carbons (Fsp3) is 0.674. The normalized spacial score (nSPS) is 35.6. The fourth-order valence-electron chi connectivity index (χ4n) is 11.7. The summed E-state index contributed by atoms with van der Waals surface area (Å²) >= 11 is 0. The van der Waals surface area contributed by atoms with E-state index in [1.54, 1.807) is 13.0 Å². The van der Waals surface area contributed by atoms with Gasteiger partial charge in [0, 0.05) is 11.6 Å². The van der Waals surface area contributed by atoms with Crippen LogP contribution < -0.4 is 0 Å². The average molecular weight is 701 g/mol. The van der Waals surface area contributed by atoms with Crippen molar-refractivity contribution in [3.63, 3.8) is 0 Å². The highest BCUT2D eigenvalue weighted by Crippen LogP contribution is 2.63. The van der Waals surface area contributed by atoms with Crippen molar-refractivity contribution in [1.82, 2.24) is 0 Å². The minimum atomic E-state index is -0.395. The molecule has 7 rings (SSSR count). The van der Waals surface area contributed by atoms with Crippen molar-refractivity contribution in [3.05, 3.63) is 59.7 Å². The highest BCUT2D eigenvalue weighted by Gasteiger charge is 2.57. The molecule has 8 heteroatoms. The van der Waals surface area contributed by atoms with Gasteiger partial charge in [-0.15, -0.1) is 0 Å². The van der Waals surface area contributed by atoms with E-state index in [9.17, 15) is 19.2 Å². The van der Waals surface area contributed by atoms with E-state index in [1.165, 1.54) is 18.9 Å². The zero-order valence-corrected chi connectivity index (χ0v) is 30.9. The first-order chi connectivity index (χ1) is 24.3. The summed E-state index contributed by atoms with van der Waals surface area (Å²) in [6, 6.07) is 5.36. The van der Waals surface area contributed by atoms with Crippen molar-refractivity contribution >= 4 is 23.9 Å². The molecular formula is C43H56O8. The molecule has 1 aromatic rings. The number of carbonyl (C=O) groups excluding carboxylic acids is 4. The molecular weight excluding hydrogens is 644 g/mol. The Hall–Kier alpha value is -3.42. The van der Waals surface area contributed by atoms with Crippen molar-refractivity contribution < 1.29 is 38.1 Å². The molecule has 0 heterocycles. The van der Waals surface area contributed by atoms with Crippen LogP contribution in [0.2, 0.25) is 0 Å². The Morgan fingerprint density at radius 1 is 0.647 bits per heavy atom. The molecule has 0 amide bonds. The number of esters is 4. The Morgan fingerprint density at radius 2 is 1.12 bits per heavy atom. The molecule has 6 aliphatic rings. The van der Waals surface area contributed by atoms with Gasteiger partial charge in [0.1, 0.15) is 0 Å². The number of fused-ring (bicyclic) bond motifs is 10. The van der Waals surface area contributed by atoms with Crippen LogP contribution in [0, 0.1) is 71.0 Å². The first-order valence-electron chi connectivity index (χ1n) is 19.4. The van der Waals surface area contributed by atoms with E-state index in [1.807, 2.05) is 12.1 Å². The quantitative estimate of drug-likeness (QED) is 0.124. The summed E-state index contributed by atoms with van der Waals surface area (Å²) in [5.74, 6) is 4.99. The van der Waals surface area contributed by atoms with E-state index in [0.29, 0.717) is 114 Å². The second-order valence-electron chi connectivity index (χ2n) is 18.1. The number of hydrogen-bond acceptors (Lipinski definition) is 8. The Balaban J connectivity index is 0.926. The Morgan fingerprint density at radius 3 is 1.61 bits per heavy atom. The van der Waals surface area contributed by atoms with Crippen LogP contribution in [0.5, 0.6) is 0 Å². The van der Waals surface area contributed by atoms with Crippen LogP contribution >= 0.6 is 0 Å². The molecule has 10 unspecified atom stereocenters. The van der Waals surface area contributed by atoms with Crippen molar-refractivity contribution in [2.24, 2.45) is 71.0 Å². The predicted octanol–water partition coefficient (Wildman–Crippen LogP) is 7.74. The molecule has 6 saturated carbocycles. The Bertz CT molecular complexity index is 1570. The molecule has 51 heavy (non-hydrogen) atoms. The third kappa shape index (κ3) is 7.30. The minimum Gasteiger partial charge on any atom is -0.462 e. The van der Waals surface area contributed by atoms with E-state index in [4.69, 9.17) is 18.9 Å². The molecule has 4 bridgehead atoms. The molecule has 0 saturated heterocycles. The maximum absolute atomic E-state index is 13.5. The van der Waals surface area contributed by atoms with E-state index >= 15 is 0 Å². The van der Waals surface area contributed by atoms with Gasteiger partial charge in [-0.25, -0.2) is 19.2 Å². The Kier molecular flexibility index (Phi) is 10.0. The first-order valence-corrected chi connectivity index (χ1v) is 19.4. The van der Waals surface area contributed by atoms with Gasteiger partial charge in [0.25, 0.3) is 0 Å². The molecule has 1 aromatic carbocycles. The maximum Gasteiger partial charge on any atom is 0.338 e. The summed E-state index contributed by atoms with van der Waals surface area (Å²) in [4.78, 5) is 50.6. The molecule has 0 aromatic heterocycles. The number of carbonyl (C=O) groups is 4. The molecule has 8 nitrogen and oxygen atoms in total. The second-order valence-corrected chi connectivity index (χ2v) is 18.1. The summed E-state index contributed by atoms with van der Waals surface area (Å²) in [7, 11) is 0. The van der Waals surface area contributed by atoms with Gasteiger partial charge in [-0.1, -0.05) is 33.9 Å². The van der Waals surface area contributed by atoms with Crippen LogP contribution in [0.15, 0.2) is 43.0 Å². The Labute approximate surface area is 303 Å². The van der Waals surface area contributed by atoms with Gasteiger partial charge in [-0.05, 0) is 158 Å². The van der Waals surface area contributed by atoms with Crippen molar-refractivity contribution in [2.45, 2.75) is 84.5 Å². The van der Waals surface area contributed by atoms with Crippen LogP contribution in [-0.2, 0) is 34.0 Å². The summed E-state index contributed by atoms with van der Waals surface area (Å²) in [6.07, 6.45) is 10.1. The standard InChI is InChI=1S/C43H56O8/c1-7-39(44)48-19-24-8-33-27-13-31(36(18-27)37(33)10-24)22-51-42(47)29-14-28(15-32(16-29)43(4,5)6)41(46)49-20-25-9-34-26-12-30(21-50-40(45)23(2)3)35(17-26)38(34)11-25/h7,14-16,24-27,30-31,33-38H,1-2,8-13,17-22H2,3-6H3/t24?,25?,26?,27-,30?,31?,33-,34?,35?,36?,37?,38?/m1/s1. The zero-order valence-electron chi connectivity index (χ0n) is 30.9. The van der Waals surface area contributed by atoms with Crippen molar-refractivity contribution in [2.75, 3.05) is 26.4 Å². The number of ether oxygens (including phenoxy) is 4. The summed E-state index contributed by atoms with van der Waals surface area (Å²) in [6.45, 7) is 16.8. The summed E-state index contributed by atoms with van der Waals surface area (Å²) < 4.78 is 22.8. The molecule has 12 atom stereocenters. The van der Waals surface area contributed by atoms with Crippen LogP contribution in [0.4, 0.5) is 0 Å². The predicted molar refractivity (Wildman–Crippen MR) is 191 cm³/mol. The molecule has 0 aliphatic heterocycles. The largest absolute Gasteiger partial charge is 0.462 e. The highest BCUT2D eigenvalue weighted by atomic mass is 16.5. The van der Waals surface area contributed by atoms with Gasteiger partial charge in [0.2, 0.25) is 0 Å². The van der Waals surface area contributed by atoms with E-state index in [2.05, 4.69) is 33.9 Å². The lowest BCUT2D eigenvalue weighted by Crippen LogP contribution is -2.28. The van der Waals surface area contributed by atoms with Crippen LogP contribution in [0.3, 0.4) is 0 Å². The molecule has 276 valence electrons. The summed E-state index contributed by atoms with van der Waals surface area (Å²) in [5, 5.41) is 0. The van der Waals surface area contributed by atoms with Crippen LogP contribution in [-0.4, -0.2) is 50.3 Å². The smallest absolute Gasteiger partial charge is 0.338 e. The minimum absolute atomic E-state index is 0.276. The van der Waals surface area contributed by atoms with E-state index in [-0.39, 0.29) is 17.4 Å². The van der Waals surface area contributed by atoms with E-state index in [0.717, 1.165) is 44.1 Å². The number of rotatable bonds is 12. The van der Waals surface area contributed by atoms with Gasteiger partial charge in [0.05, 0.1) is 37.6 Å². The number of hydrogen-bond donors (Lipinski definition) is 0. The van der Waals surface area contributed by atoms with Gasteiger partial charge < -0.3 is 18.9 Å². The molecule has 0 radical (unpaired) electrons. The monoisotopic (exact) mass is 700 g/mol. The molecule has 0 spiro atoms. The molecule has 0 N–H and O–H groups in total. The second kappa shape index (κ2) is 14.2. The van der Waals surface area contributed by atoms with Gasteiger partial charge in [0.15, 0.2) is 0 Å². The third-order valence-corrected chi connectivity index (χ3v) is 14.0. The van der Waals surface area contributed by atoms with Gasteiger partial charge >= 0.3 is 23.9 Å². The van der Waals surface area contributed by atoms with Crippen molar-refractivity contribution in [1.29, 1.82) is 0 Å². The highest BCUT2D eigenvalue weighted by molar-refractivity contribution is 5.96. The van der Waals surface area contributed by atoms with Gasteiger partial charge in [-0.2, -0.15) is 0 Å². The maximum atomic E-state index is 13.5. The van der Waals surface area contributed by atoms with Gasteiger partial charge in [-0.3, -0.25) is 0 Å².